The molecule has 0 saturated heterocycles. The molecular formula is C3H5NO. The Hall–Kier alpha value is -0.840. The molecule has 0 aromatic rings. The van der Waals surface area contributed by atoms with Crippen LogP contribution in [-0.2, 0) is 4.79 Å². The molecule has 0 rings (SSSR count). The van der Waals surface area contributed by atoms with Gasteiger partial charge in [0.1, 0.15) is 6.29 Å². The first-order chi connectivity index (χ1) is 2.41. The molecule has 0 spiro atoms. The van der Waals surface area contributed by atoms with Crippen LogP contribution in [0.1, 0.15) is 6.92 Å². The summed E-state index contributed by atoms with van der Waals surface area (Å²) in [6.45, 7) is 4.94. The van der Waals surface area contributed by atoms with Gasteiger partial charge in [-0.2, -0.15) is 0 Å². The Morgan fingerprint density at radius 3 is 1.80 bits per heavy atom. The molecule has 0 N–H and O–H groups in total. The maximum absolute atomic E-state index is 8.81. The van der Waals surface area contributed by atoms with Gasteiger partial charge in [0.15, 0.2) is 0 Å². The molecule has 0 unspecified atom stereocenters. The third-order valence-electron chi connectivity index (χ3n) is 0. The molecule has 0 aromatic heterocycles. The predicted octanol–water partition coefficient (Wildman–Crippen LogP) is 0.345. The van der Waals surface area contributed by atoms with Crippen LogP contribution in [-0.4, -0.2) is 6.29 Å². The van der Waals surface area contributed by atoms with Crippen molar-refractivity contribution in [2.24, 2.45) is 0 Å². The quantitative estimate of drug-likeness (QED) is 0.386. The summed E-state index contributed by atoms with van der Waals surface area (Å²) in [6, 6.07) is 0. The van der Waals surface area contributed by atoms with Crippen LogP contribution in [0.4, 0.5) is 0 Å². The van der Waals surface area contributed by atoms with Gasteiger partial charge in [0.25, 0.3) is 0 Å². The second-order valence-corrected chi connectivity index (χ2v) is 0.236. The minimum absolute atomic E-state index is 0.750. The fraction of sp³-hybridized carbons (Fsp3) is 0.333. The summed E-state index contributed by atoms with van der Waals surface area (Å²) in [4.78, 5) is 8.81. The van der Waals surface area contributed by atoms with Crippen molar-refractivity contribution in [2.75, 3.05) is 0 Å². The number of nitrogens with zero attached hydrogens (tertiary/aromatic N) is 1. The van der Waals surface area contributed by atoms with Crippen LogP contribution in [0.5, 0.6) is 0 Å². The summed E-state index contributed by atoms with van der Waals surface area (Å²) in [6.07, 6.45) is 0.750. The van der Waals surface area contributed by atoms with Crippen LogP contribution in [0.25, 0.3) is 0 Å². The summed E-state index contributed by atoms with van der Waals surface area (Å²) in [5.41, 5.74) is 0. The van der Waals surface area contributed by atoms with Gasteiger partial charge in [0.2, 0.25) is 0 Å². The van der Waals surface area contributed by atoms with Crippen molar-refractivity contribution in [3.63, 3.8) is 0 Å². The molecule has 0 aliphatic rings. The first-order valence-electron chi connectivity index (χ1n) is 1.07. The second-order valence-electron chi connectivity index (χ2n) is 0.236. The van der Waals surface area contributed by atoms with E-state index in [1.807, 2.05) is 0 Å². The Labute approximate surface area is 31.0 Å². The number of aldehydes is 1. The number of nitriles is 1. The number of hydrogen-bond donors (Lipinski definition) is 0. The number of carbonyl (C=O) groups excluding carboxylic acids is 1. The molecule has 28 valence electrons. The fourth-order valence-corrected chi connectivity index (χ4v) is 0. The maximum atomic E-state index is 8.81. The van der Waals surface area contributed by atoms with Crippen molar-refractivity contribution in [1.82, 2.24) is 0 Å². The Balaban J connectivity index is 0. The fourth-order valence-electron chi connectivity index (χ4n) is 0. The first kappa shape index (κ1) is 8.90. The highest BCUT2D eigenvalue weighted by molar-refractivity contribution is 5.44. The number of rotatable bonds is 0. The summed E-state index contributed by atoms with van der Waals surface area (Å²) in [5.74, 6) is 0. The molecule has 0 saturated carbocycles. The van der Waals surface area contributed by atoms with Crippen LogP contribution < -0.4 is 0 Å². The van der Waals surface area contributed by atoms with Crippen molar-refractivity contribution < 1.29 is 4.79 Å². The van der Waals surface area contributed by atoms with Gasteiger partial charge in [-0.25, -0.2) is 5.26 Å². The molecule has 0 fully saturated rings. The van der Waals surface area contributed by atoms with Crippen LogP contribution in [0, 0.1) is 11.8 Å². The van der Waals surface area contributed by atoms with Gasteiger partial charge >= 0.3 is 0 Å². The van der Waals surface area contributed by atoms with E-state index in [0.717, 1.165) is 6.29 Å². The molecule has 0 bridgehead atoms. The third-order valence-corrected chi connectivity index (χ3v) is 0. The topological polar surface area (TPSA) is 40.9 Å². The lowest BCUT2D eigenvalue weighted by atomic mass is 11.0. The van der Waals surface area contributed by atoms with Gasteiger partial charge < -0.3 is 4.79 Å². The SMILES string of the molecule is C#N.CC=O. The van der Waals surface area contributed by atoms with E-state index < -0.39 is 0 Å². The van der Waals surface area contributed by atoms with Crippen LogP contribution >= 0.6 is 0 Å². The molecule has 5 heavy (non-hydrogen) atoms. The molecule has 0 aromatic carbocycles. The first-order valence-corrected chi connectivity index (χ1v) is 1.07. The average molecular weight is 71.1 g/mol. The Bertz CT molecular complexity index is 31.1. The minimum Gasteiger partial charge on any atom is -0.304 e. The second kappa shape index (κ2) is 576. The van der Waals surface area contributed by atoms with Crippen molar-refractivity contribution in [2.45, 2.75) is 6.92 Å². The summed E-state index contributed by atoms with van der Waals surface area (Å²) in [5, 5.41) is 6.50. The smallest absolute Gasteiger partial charge is 0.116 e. The van der Waals surface area contributed by atoms with E-state index in [2.05, 4.69) is 6.57 Å². The van der Waals surface area contributed by atoms with Gasteiger partial charge in [-0.1, -0.05) is 0 Å². The minimum atomic E-state index is 0.750. The van der Waals surface area contributed by atoms with Gasteiger partial charge in [-0.15, -0.1) is 0 Å². The predicted molar refractivity (Wildman–Crippen MR) is 18.4 cm³/mol. The molecule has 0 heterocycles. The van der Waals surface area contributed by atoms with E-state index in [0.29, 0.717) is 0 Å². The highest BCUT2D eigenvalue weighted by Gasteiger charge is 1.24. The highest BCUT2D eigenvalue weighted by atomic mass is 16.1. The summed E-state index contributed by atoms with van der Waals surface area (Å²) < 4.78 is 0. The number of carbonyl (C=O) groups is 1. The van der Waals surface area contributed by atoms with Gasteiger partial charge in [0, 0.05) is 6.57 Å². The Kier molecular flexibility index (Phi) is 1030. The lowest BCUT2D eigenvalue weighted by molar-refractivity contribution is -0.106. The van der Waals surface area contributed by atoms with E-state index in [-0.39, 0.29) is 0 Å². The molecular weight excluding hydrogens is 66.0 g/mol. The zero-order valence-corrected chi connectivity index (χ0v) is 3.01. The Morgan fingerprint density at radius 1 is 1.80 bits per heavy atom. The third kappa shape index (κ3) is 6.03. The van der Waals surface area contributed by atoms with E-state index >= 15 is 0 Å². The van der Waals surface area contributed by atoms with Crippen LogP contribution in [0.2, 0.25) is 0 Å². The van der Waals surface area contributed by atoms with E-state index in [9.17, 15) is 0 Å². The molecule has 0 amide bonds. The van der Waals surface area contributed by atoms with Crippen molar-refractivity contribution in [3.05, 3.63) is 0 Å². The lowest BCUT2D eigenvalue weighted by Gasteiger charge is -1.23. The van der Waals surface area contributed by atoms with Crippen molar-refractivity contribution >= 4 is 6.29 Å². The van der Waals surface area contributed by atoms with E-state index in [4.69, 9.17) is 10.1 Å². The molecule has 0 radical (unpaired) electrons. The summed E-state index contributed by atoms with van der Waals surface area (Å²) in [7, 11) is 0. The van der Waals surface area contributed by atoms with E-state index in [1.165, 1.54) is 6.92 Å². The van der Waals surface area contributed by atoms with Gasteiger partial charge in [-0.3, -0.25) is 0 Å². The Morgan fingerprint density at radius 2 is 1.80 bits per heavy atom. The molecule has 2 heteroatoms. The van der Waals surface area contributed by atoms with Crippen LogP contribution in [0.15, 0.2) is 0 Å². The highest BCUT2D eigenvalue weighted by Crippen LogP contribution is 1.13. The van der Waals surface area contributed by atoms with E-state index in [1.54, 1.807) is 0 Å². The molecule has 0 aliphatic heterocycles. The largest absolute Gasteiger partial charge is 0.304 e. The monoisotopic (exact) mass is 71.0 g/mol. The zero-order chi connectivity index (χ0) is 4.71. The van der Waals surface area contributed by atoms with Crippen LogP contribution in [0.3, 0.4) is 0 Å². The average Bonchev–Trinajstić information content (AvgIpc) is 1.46. The standard InChI is InChI=1S/C2H4O.CHN/c1-2-3;1-2/h2H,1H3;1H. The van der Waals surface area contributed by atoms with Crippen molar-refractivity contribution in [3.8, 4) is 6.57 Å². The number of hydrogen-bond acceptors (Lipinski definition) is 2. The lowest BCUT2D eigenvalue weighted by Crippen LogP contribution is -1.36. The molecule has 0 aliphatic carbocycles. The zero-order valence-electron chi connectivity index (χ0n) is 3.01. The summed E-state index contributed by atoms with van der Waals surface area (Å²) >= 11 is 0. The van der Waals surface area contributed by atoms with Crippen molar-refractivity contribution in [1.29, 1.82) is 5.26 Å². The van der Waals surface area contributed by atoms with Gasteiger partial charge in [-0.05, 0) is 6.92 Å². The maximum Gasteiger partial charge on any atom is 0.116 e. The normalized spacial score (nSPS) is 3.00. The molecule has 0 atom stereocenters. The van der Waals surface area contributed by atoms with Gasteiger partial charge in [0.05, 0.1) is 0 Å². The molecule has 2 nitrogen and oxygen atoms in total.